The van der Waals surface area contributed by atoms with Gasteiger partial charge in [0, 0.05) is 5.57 Å². The van der Waals surface area contributed by atoms with Crippen molar-refractivity contribution < 1.29 is 43.2 Å². The van der Waals surface area contributed by atoms with Gasteiger partial charge in [0.2, 0.25) is 0 Å². The third-order valence-electron chi connectivity index (χ3n) is 6.20. The van der Waals surface area contributed by atoms with Crippen LogP contribution in [-0.2, 0) is 38.1 Å². The fraction of sp³-hybridized carbons (Fsp3) is 0.571. The average Bonchev–Trinajstić information content (AvgIpc) is 3.58. The second-order valence-electron chi connectivity index (χ2n) is 8.15. The minimum Gasteiger partial charge on any atom is -0.466 e. The van der Waals surface area contributed by atoms with Crippen molar-refractivity contribution in [1.29, 1.82) is 0 Å². The van der Waals surface area contributed by atoms with Crippen LogP contribution in [0.2, 0.25) is 0 Å². The highest BCUT2D eigenvalue weighted by atomic mass is 16.7. The van der Waals surface area contributed by atoms with E-state index in [-0.39, 0.29) is 23.4 Å². The number of epoxide rings is 2. The highest BCUT2D eigenvalue weighted by Gasteiger charge is 2.59. The van der Waals surface area contributed by atoms with Gasteiger partial charge in [0.1, 0.15) is 30.5 Å². The molecular formula is C21H24O9. The van der Waals surface area contributed by atoms with Crippen LogP contribution in [0.4, 0.5) is 0 Å². The molecule has 8 atom stereocenters. The first-order valence-corrected chi connectivity index (χ1v) is 9.69. The Kier molecular flexibility index (Phi) is 4.87. The largest absolute Gasteiger partial charge is 0.466 e. The molecule has 0 aromatic carbocycles. The molecule has 1 N–H and O–H groups in total. The Morgan fingerprint density at radius 1 is 1.27 bits per heavy atom. The molecule has 3 saturated heterocycles. The molecule has 0 saturated carbocycles. The van der Waals surface area contributed by atoms with Crippen molar-refractivity contribution in [2.45, 2.75) is 63.0 Å². The predicted octanol–water partition coefficient (Wildman–Crippen LogP) is 0.361. The molecule has 0 spiro atoms. The molecule has 3 fully saturated rings. The van der Waals surface area contributed by atoms with E-state index in [2.05, 4.69) is 6.58 Å². The lowest BCUT2D eigenvalue weighted by molar-refractivity contribution is -0.165. The molecular weight excluding hydrogens is 396 g/mol. The van der Waals surface area contributed by atoms with Gasteiger partial charge in [-0.3, -0.25) is 0 Å². The number of fused-ring (bicyclic) bond motifs is 2. The fourth-order valence-corrected chi connectivity index (χ4v) is 3.98. The Morgan fingerprint density at radius 2 is 1.93 bits per heavy atom. The Labute approximate surface area is 173 Å². The van der Waals surface area contributed by atoms with E-state index in [1.165, 1.54) is 13.2 Å². The maximum Gasteiger partial charge on any atom is 0.341 e. The van der Waals surface area contributed by atoms with Crippen molar-refractivity contribution >= 4 is 17.9 Å². The van der Waals surface area contributed by atoms with Gasteiger partial charge in [0.25, 0.3) is 0 Å². The summed E-state index contributed by atoms with van der Waals surface area (Å²) in [5.41, 5.74) is -0.473. The van der Waals surface area contributed by atoms with Crippen molar-refractivity contribution in [3.8, 4) is 0 Å². The molecule has 9 nitrogen and oxygen atoms in total. The summed E-state index contributed by atoms with van der Waals surface area (Å²) in [5.74, 6) is -3.09. The summed E-state index contributed by atoms with van der Waals surface area (Å²) in [6, 6.07) is 0. The Balaban J connectivity index is 1.77. The summed E-state index contributed by atoms with van der Waals surface area (Å²) in [7, 11) is 1.18. The number of carbonyl (C=O) groups excluding carboxylic acids is 3. The van der Waals surface area contributed by atoms with Crippen molar-refractivity contribution in [2.75, 3.05) is 7.11 Å². The number of hydrogen-bond donors (Lipinski definition) is 1. The molecule has 0 aromatic rings. The normalized spacial score (nSPS) is 45.6. The average molecular weight is 420 g/mol. The molecule has 0 bridgehead atoms. The maximum absolute atomic E-state index is 12.8. The fourth-order valence-electron chi connectivity index (χ4n) is 3.98. The van der Waals surface area contributed by atoms with Crippen LogP contribution in [0.3, 0.4) is 0 Å². The molecule has 3 aliphatic heterocycles. The lowest BCUT2D eigenvalue weighted by Crippen LogP contribution is -2.46. The smallest absolute Gasteiger partial charge is 0.341 e. The quantitative estimate of drug-likeness (QED) is 0.227. The molecule has 1 aliphatic carbocycles. The molecule has 3 heterocycles. The van der Waals surface area contributed by atoms with Crippen LogP contribution in [0.1, 0.15) is 20.8 Å². The zero-order valence-corrected chi connectivity index (χ0v) is 17.1. The highest BCUT2D eigenvalue weighted by Crippen LogP contribution is 2.42. The first kappa shape index (κ1) is 20.8. The summed E-state index contributed by atoms with van der Waals surface area (Å²) in [6.45, 7) is 8.86. The zero-order chi connectivity index (χ0) is 22.0. The number of hydrogen-bond acceptors (Lipinski definition) is 9. The van der Waals surface area contributed by atoms with Gasteiger partial charge in [0.05, 0.1) is 24.7 Å². The van der Waals surface area contributed by atoms with Crippen LogP contribution in [0.5, 0.6) is 0 Å². The summed E-state index contributed by atoms with van der Waals surface area (Å²) in [6.07, 6.45) is -1.75. The molecule has 30 heavy (non-hydrogen) atoms. The van der Waals surface area contributed by atoms with Crippen LogP contribution in [0.15, 0.2) is 35.5 Å². The summed E-state index contributed by atoms with van der Waals surface area (Å²) >= 11 is 0. The van der Waals surface area contributed by atoms with Crippen LogP contribution in [0, 0.1) is 5.92 Å². The second kappa shape index (κ2) is 7.04. The molecule has 0 amide bonds. The number of aliphatic hydroxyl groups is 1. The van der Waals surface area contributed by atoms with Gasteiger partial charge in [-0.2, -0.15) is 0 Å². The van der Waals surface area contributed by atoms with Gasteiger partial charge in [0.15, 0.2) is 5.60 Å². The van der Waals surface area contributed by atoms with E-state index in [9.17, 15) is 19.5 Å². The SMILES string of the molecule is C=C1C(=O)OC2/C=C(\C)C3OC3/C=C(/C(=O)OC)C(O)C(OC(=O)C3(C)OC3C)C12. The van der Waals surface area contributed by atoms with Gasteiger partial charge < -0.3 is 28.8 Å². The van der Waals surface area contributed by atoms with E-state index in [0.29, 0.717) is 0 Å². The number of aliphatic hydroxyl groups excluding tert-OH is 1. The molecule has 8 unspecified atom stereocenters. The van der Waals surface area contributed by atoms with Crippen molar-refractivity contribution in [3.63, 3.8) is 0 Å². The van der Waals surface area contributed by atoms with E-state index in [1.807, 2.05) is 6.92 Å². The van der Waals surface area contributed by atoms with Crippen LogP contribution >= 0.6 is 0 Å². The van der Waals surface area contributed by atoms with Crippen LogP contribution in [-0.4, -0.2) is 72.3 Å². The topological polar surface area (TPSA) is 124 Å². The Bertz CT molecular complexity index is 887. The summed E-state index contributed by atoms with van der Waals surface area (Å²) < 4.78 is 26.8. The molecule has 9 heteroatoms. The monoisotopic (exact) mass is 420 g/mol. The Hall–Kier alpha value is -2.49. The van der Waals surface area contributed by atoms with Gasteiger partial charge >= 0.3 is 17.9 Å². The minimum absolute atomic E-state index is 0.0360. The van der Waals surface area contributed by atoms with Crippen molar-refractivity contribution in [3.05, 3.63) is 35.5 Å². The van der Waals surface area contributed by atoms with Crippen LogP contribution in [0.25, 0.3) is 0 Å². The third kappa shape index (κ3) is 3.27. The second-order valence-corrected chi connectivity index (χ2v) is 8.15. The van der Waals surface area contributed by atoms with Crippen molar-refractivity contribution in [2.24, 2.45) is 5.92 Å². The summed E-state index contributed by atoms with van der Waals surface area (Å²) in [4.78, 5) is 37.5. The molecule has 0 radical (unpaired) electrons. The van der Waals surface area contributed by atoms with E-state index in [4.69, 9.17) is 23.7 Å². The van der Waals surface area contributed by atoms with Crippen molar-refractivity contribution in [1.82, 2.24) is 0 Å². The number of esters is 3. The zero-order valence-electron chi connectivity index (χ0n) is 17.1. The first-order valence-electron chi connectivity index (χ1n) is 9.69. The lowest BCUT2D eigenvalue weighted by atomic mass is 9.83. The van der Waals surface area contributed by atoms with E-state index >= 15 is 0 Å². The lowest BCUT2D eigenvalue weighted by Gasteiger charge is -2.31. The summed E-state index contributed by atoms with van der Waals surface area (Å²) in [5, 5.41) is 11.1. The molecule has 0 aromatic heterocycles. The highest BCUT2D eigenvalue weighted by molar-refractivity contribution is 5.93. The van der Waals surface area contributed by atoms with E-state index in [1.54, 1.807) is 19.9 Å². The minimum atomic E-state index is -1.60. The van der Waals surface area contributed by atoms with E-state index in [0.717, 1.165) is 5.57 Å². The first-order chi connectivity index (χ1) is 14.1. The maximum atomic E-state index is 12.8. The van der Waals surface area contributed by atoms with Gasteiger partial charge in [-0.05, 0) is 38.5 Å². The van der Waals surface area contributed by atoms with Gasteiger partial charge in [-0.15, -0.1) is 0 Å². The standard InChI is InChI=1S/C21H24O9/c1-8-6-12-14(9(2)18(23)28-12)17(29-20(25)21(4)10(3)30-21)15(22)11(19(24)26-5)7-13-16(8)27-13/h6-7,10,12-17,22H,2H2,1,3-5H3/b8-6+,11-7+. The number of rotatable bonds is 3. The van der Waals surface area contributed by atoms with Gasteiger partial charge in [-0.25, -0.2) is 14.4 Å². The molecule has 162 valence electrons. The molecule has 4 rings (SSSR count). The van der Waals surface area contributed by atoms with E-state index < -0.39 is 53.8 Å². The molecule has 4 aliphatic rings. The van der Waals surface area contributed by atoms with Gasteiger partial charge in [-0.1, -0.05) is 6.58 Å². The van der Waals surface area contributed by atoms with Crippen LogP contribution < -0.4 is 0 Å². The number of carbonyl (C=O) groups is 3. The number of ether oxygens (including phenoxy) is 5. The third-order valence-corrected chi connectivity index (χ3v) is 6.20. The predicted molar refractivity (Wildman–Crippen MR) is 99.9 cm³/mol. The Morgan fingerprint density at radius 3 is 2.53 bits per heavy atom. The number of methoxy groups -OCH3 is 1.